The third-order valence-corrected chi connectivity index (χ3v) is 4.07. The molecule has 0 saturated carbocycles. The number of methoxy groups -OCH3 is 1. The lowest BCUT2D eigenvalue weighted by atomic mass is 10.2. The van der Waals surface area contributed by atoms with E-state index in [4.69, 9.17) is 19.8 Å². The van der Waals surface area contributed by atoms with Crippen LogP contribution >= 0.6 is 22.6 Å². The Morgan fingerprint density at radius 1 is 1.27 bits per heavy atom. The average Bonchev–Trinajstić information content (AvgIpc) is 2.64. The summed E-state index contributed by atoms with van der Waals surface area (Å²) in [6.45, 7) is 2.36. The molecule has 1 amide bonds. The van der Waals surface area contributed by atoms with Crippen LogP contribution in [0.25, 0.3) is 10.4 Å². The van der Waals surface area contributed by atoms with Crippen LogP contribution < -0.4 is 9.80 Å². The van der Waals surface area contributed by atoms with Crippen molar-refractivity contribution in [2.45, 2.75) is 6.92 Å². The van der Waals surface area contributed by atoms with Gasteiger partial charge < -0.3 is 9.47 Å². The van der Waals surface area contributed by atoms with Gasteiger partial charge in [-0.3, -0.25) is 4.79 Å². The van der Waals surface area contributed by atoms with Crippen molar-refractivity contribution in [3.63, 3.8) is 0 Å². The quantitative estimate of drug-likeness (QED) is 0.139. The minimum absolute atomic E-state index is 0.0914. The van der Waals surface area contributed by atoms with Crippen LogP contribution in [0.4, 0.5) is 11.4 Å². The normalized spacial score (nSPS) is 10.1. The summed E-state index contributed by atoms with van der Waals surface area (Å²) in [5, 5.41) is 4.66. The van der Waals surface area contributed by atoms with Crippen LogP contribution in [0.3, 0.4) is 0 Å². The Balaban J connectivity index is 2.34. The topological polar surface area (TPSA) is 96.8 Å². The van der Waals surface area contributed by atoms with Gasteiger partial charge in [0.15, 0.2) is 6.79 Å². The van der Waals surface area contributed by atoms with Crippen molar-refractivity contribution in [1.29, 1.82) is 0 Å². The number of rotatable bonds is 8. The molecule has 2 aromatic carbocycles. The summed E-state index contributed by atoms with van der Waals surface area (Å²) in [5.74, 6) is 0.329. The molecule has 0 aliphatic heterocycles. The van der Waals surface area contributed by atoms with E-state index in [0.29, 0.717) is 29.3 Å². The van der Waals surface area contributed by atoms with E-state index in [-0.39, 0.29) is 12.7 Å². The van der Waals surface area contributed by atoms with Gasteiger partial charge in [0.05, 0.1) is 12.3 Å². The molecule has 0 fully saturated rings. The van der Waals surface area contributed by atoms with E-state index in [1.54, 1.807) is 36.4 Å². The second-order valence-electron chi connectivity index (χ2n) is 4.92. The van der Waals surface area contributed by atoms with Gasteiger partial charge in [0, 0.05) is 26.8 Å². The minimum Gasteiger partial charge on any atom is -0.494 e. The van der Waals surface area contributed by atoms with Gasteiger partial charge in [-0.1, -0.05) is 17.2 Å². The monoisotopic (exact) mass is 468 g/mol. The zero-order valence-electron chi connectivity index (χ0n) is 14.3. The van der Waals surface area contributed by atoms with Crippen molar-refractivity contribution < 1.29 is 19.1 Å². The van der Waals surface area contributed by atoms with Gasteiger partial charge in [0.1, 0.15) is 5.75 Å². The molecule has 0 unspecified atom stereocenters. The molecule has 0 bridgehead atoms. The number of azide groups is 1. The summed E-state index contributed by atoms with van der Waals surface area (Å²) in [7, 11) is 1.47. The molecule has 0 aliphatic rings. The van der Waals surface area contributed by atoms with Crippen LogP contribution in [0.15, 0.2) is 47.6 Å². The highest BCUT2D eigenvalue weighted by molar-refractivity contribution is 14.1. The van der Waals surface area contributed by atoms with Gasteiger partial charge in [0.25, 0.3) is 5.91 Å². The first kappa shape index (κ1) is 20.0. The number of hydrogen-bond donors (Lipinski definition) is 0. The number of anilines is 1. The molecular weight excluding hydrogens is 451 g/mol. The van der Waals surface area contributed by atoms with Gasteiger partial charge in [-0.25, -0.2) is 4.84 Å². The minimum atomic E-state index is -0.378. The number of benzene rings is 2. The third kappa shape index (κ3) is 5.09. The highest BCUT2D eigenvalue weighted by Gasteiger charge is 2.21. The van der Waals surface area contributed by atoms with Crippen LogP contribution in [0.2, 0.25) is 0 Å². The Morgan fingerprint density at radius 2 is 2.00 bits per heavy atom. The van der Waals surface area contributed by atoms with E-state index in [9.17, 15) is 4.79 Å². The fraction of sp³-hybridized carbons (Fsp3) is 0.235. The first-order chi connectivity index (χ1) is 12.6. The summed E-state index contributed by atoms with van der Waals surface area (Å²) in [6, 6.07) is 11.6. The summed E-state index contributed by atoms with van der Waals surface area (Å²) < 4.78 is 11.2. The third-order valence-electron chi connectivity index (χ3n) is 3.21. The van der Waals surface area contributed by atoms with Crippen LogP contribution in [-0.2, 0) is 9.57 Å². The highest BCUT2D eigenvalue weighted by Crippen LogP contribution is 2.29. The molecule has 0 radical (unpaired) electrons. The van der Waals surface area contributed by atoms with Gasteiger partial charge in [0.2, 0.25) is 0 Å². The lowest BCUT2D eigenvalue weighted by Crippen LogP contribution is -2.32. The lowest BCUT2D eigenvalue weighted by Gasteiger charge is -2.23. The number of carbonyl (C=O) groups excluding carboxylic acids is 1. The van der Waals surface area contributed by atoms with E-state index < -0.39 is 0 Å². The van der Waals surface area contributed by atoms with E-state index in [0.717, 1.165) is 3.57 Å². The fourth-order valence-corrected chi connectivity index (χ4v) is 2.80. The van der Waals surface area contributed by atoms with Crippen LogP contribution in [-0.4, -0.2) is 26.4 Å². The Morgan fingerprint density at radius 3 is 2.58 bits per heavy atom. The SMILES string of the molecule is CCOc1ccc(N(OCOC)C(=O)c2ccc(N=[N+]=[N-])cc2)c(I)c1. The molecule has 0 N–H and O–H groups in total. The molecular formula is C17H17IN4O4. The number of hydroxylamine groups is 1. The van der Waals surface area contributed by atoms with Crippen molar-refractivity contribution in [2.24, 2.45) is 5.11 Å². The Bertz CT molecular complexity index is 807. The number of hydrogen-bond acceptors (Lipinski definition) is 5. The summed E-state index contributed by atoms with van der Waals surface area (Å²) in [6.07, 6.45) is 0. The second kappa shape index (κ2) is 9.97. The molecule has 0 aliphatic carbocycles. The first-order valence-corrected chi connectivity index (χ1v) is 8.72. The predicted octanol–water partition coefficient (Wildman–Crippen LogP) is 4.81. The predicted molar refractivity (Wildman–Crippen MR) is 105 cm³/mol. The van der Waals surface area contributed by atoms with Gasteiger partial charge in [-0.05, 0) is 65.4 Å². The van der Waals surface area contributed by atoms with Gasteiger partial charge in [-0.15, -0.1) is 0 Å². The Hall–Kier alpha value is -2.33. The van der Waals surface area contributed by atoms with Crippen LogP contribution in [0, 0.1) is 3.57 Å². The van der Waals surface area contributed by atoms with Crippen molar-refractivity contribution in [3.8, 4) is 5.75 Å². The fourth-order valence-electron chi connectivity index (χ4n) is 2.09. The maximum absolute atomic E-state index is 12.9. The first-order valence-electron chi connectivity index (χ1n) is 7.64. The number of ether oxygens (including phenoxy) is 2. The number of halogens is 1. The van der Waals surface area contributed by atoms with Crippen LogP contribution in [0.5, 0.6) is 5.75 Å². The zero-order valence-corrected chi connectivity index (χ0v) is 16.4. The molecule has 0 spiro atoms. The maximum Gasteiger partial charge on any atom is 0.282 e. The highest BCUT2D eigenvalue weighted by atomic mass is 127. The molecule has 9 heteroatoms. The number of amides is 1. The summed E-state index contributed by atoms with van der Waals surface area (Å²) in [5.41, 5.74) is 9.82. The molecule has 0 aromatic heterocycles. The van der Waals surface area contributed by atoms with Crippen molar-refractivity contribution >= 4 is 39.9 Å². The molecule has 136 valence electrons. The standard InChI is InChI=1S/C17H17IN4O4/c1-3-25-14-8-9-16(15(18)10-14)22(26-11-24-2)17(23)12-4-6-13(7-5-12)20-21-19/h4-10H,3,11H2,1-2H3. The number of nitrogens with zero attached hydrogens (tertiary/aromatic N) is 4. The van der Waals surface area contributed by atoms with E-state index in [2.05, 4.69) is 32.6 Å². The lowest BCUT2D eigenvalue weighted by molar-refractivity contribution is -0.0375. The molecule has 0 atom stereocenters. The summed E-state index contributed by atoms with van der Waals surface area (Å²) in [4.78, 5) is 21.1. The van der Waals surface area contributed by atoms with E-state index in [1.165, 1.54) is 12.2 Å². The smallest absolute Gasteiger partial charge is 0.282 e. The Labute approximate surface area is 164 Å². The molecule has 26 heavy (non-hydrogen) atoms. The molecule has 2 aromatic rings. The number of carbonyl (C=O) groups is 1. The molecule has 0 saturated heterocycles. The Kier molecular flexibility index (Phi) is 7.67. The van der Waals surface area contributed by atoms with Crippen LogP contribution in [0.1, 0.15) is 17.3 Å². The average molecular weight is 468 g/mol. The van der Waals surface area contributed by atoms with Gasteiger partial charge >= 0.3 is 0 Å². The second-order valence-corrected chi connectivity index (χ2v) is 6.08. The van der Waals surface area contributed by atoms with E-state index >= 15 is 0 Å². The molecule has 8 nitrogen and oxygen atoms in total. The molecule has 2 rings (SSSR count). The maximum atomic E-state index is 12.9. The van der Waals surface area contributed by atoms with Gasteiger partial charge in [-0.2, -0.15) is 5.06 Å². The van der Waals surface area contributed by atoms with E-state index in [1.807, 2.05) is 13.0 Å². The summed E-state index contributed by atoms with van der Waals surface area (Å²) >= 11 is 2.11. The van der Waals surface area contributed by atoms with Crippen molar-refractivity contribution in [1.82, 2.24) is 0 Å². The van der Waals surface area contributed by atoms with Crippen molar-refractivity contribution in [2.75, 3.05) is 25.6 Å². The molecule has 0 heterocycles. The largest absolute Gasteiger partial charge is 0.494 e. The zero-order chi connectivity index (χ0) is 18.9. The van der Waals surface area contributed by atoms with Crippen molar-refractivity contribution in [3.05, 3.63) is 62.0 Å².